The lowest BCUT2D eigenvalue weighted by atomic mass is 10.0. The third kappa shape index (κ3) is 4.54. The average molecular weight is 350 g/mol. The molecular formula is C17H22N2O6. The number of ether oxygens (including phenoxy) is 1. The van der Waals surface area contributed by atoms with Crippen LogP contribution in [-0.2, 0) is 4.74 Å². The van der Waals surface area contributed by atoms with Crippen LogP contribution in [0.5, 0.6) is 0 Å². The smallest absolute Gasteiger partial charge is 0.360 e. The molecule has 25 heavy (non-hydrogen) atoms. The van der Waals surface area contributed by atoms with Crippen molar-refractivity contribution >= 4 is 11.8 Å². The zero-order chi connectivity index (χ0) is 18.4. The number of rotatable bonds is 9. The first-order chi connectivity index (χ1) is 12.0. The number of nitrogens with zero attached hydrogens (tertiary/aromatic N) is 2. The van der Waals surface area contributed by atoms with E-state index < -0.39 is 11.9 Å². The molecule has 2 aromatic heterocycles. The summed E-state index contributed by atoms with van der Waals surface area (Å²) in [7, 11) is 1.23. The fourth-order valence-corrected chi connectivity index (χ4v) is 2.43. The minimum atomic E-state index is -0.681. The first-order valence-electron chi connectivity index (χ1n) is 8.13. The van der Waals surface area contributed by atoms with Crippen molar-refractivity contribution in [2.24, 2.45) is 0 Å². The fourth-order valence-electron chi connectivity index (χ4n) is 2.43. The van der Waals surface area contributed by atoms with Crippen LogP contribution in [0.4, 0.5) is 0 Å². The Balaban J connectivity index is 2.07. The number of methoxy groups -OCH3 is 1. The van der Waals surface area contributed by atoms with E-state index in [0.29, 0.717) is 5.89 Å². The van der Waals surface area contributed by atoms with E-state index >= 15 is 0 Å². The van der Waals surface area contributed by atoms with Gasteiger partial charge in [-0.1, -0.05) is 20.3 Å². The maximum atomic E-state index is 12.4. The average Bonchev–Trinajstić information content (AvgIpc) is 3.28. The zero-order valence-corrected chi connectivity index (χ0v) is 14.5. The summed E-state index contributed by atoms with van der Waals surface area (Å²) in [5, 5.41) is 9.53. The van der Waals surface area contributed by atoms with Crippen molar-refractivity contribution in [3.8, 4) is 0 Å². The molecule has 2 heterocycles. The predicted octanol–water partition coefficient (Wildman–Crippen LogP) is 2.70. The number of ketones is 1. The molecule has 2 unspecified atom stereocenters. The molecule has 0 amide bonds. The van der Waals surface area contributed by atoms with Gasteiger partial charge in [-0.15, -0.1) is 0 Å². The molecule has 0 aromatic carbocycles. The Hall–Kier alpha value is -2.48. The first kappa shape index (κ1) is 18.9. The fraction of sp³-hybridized carbons (Fsp3) is 0.529. The normalized spacial score (nSPS) is 13.4. The molecule has 0 radical (unpaired) electrons. The molecule has 0 spiro atoms. The highest BCUT2D eigenvalue weighted by Crippen LogP contribution is 2.23. The highest BCUT2D eigenvalue weighted by molar-refractivity contribution is 5.94. The first-order valence-corrected chi connectivity index (χ1v) is 8.13. The zero-order valence-electron chi connectivity index (χ0n) is 14.5. The van der Waals surface area contributed by atoms with E-state index in [1.165, 1.54) is 13.4 Å². The molecule has 8 nitrogen and oxygen atoms in total. The minimum absolute atomic E-state index is 0.0134. The van der Waals surface area contributed by atoms with Crippen LogP contribution < -0.4 is 0 Å². The highest BCUT2D eigenvalue weighted by Gasteiger charge is 2.25. The largest absolute Gasteiger partial charge is 0.464 e. The Labute approximate surface area is 145 Å². The van der Waals surface area contributed by atoms with Crippen molar-refractivity contribution in [2.45, 2.75) is 44.9 Å². The van der Waals surface area contributed by atoms with Gasteiger partial charge in [-0.3, -0.25) is 4.79 Å². The Kier molecular flexibility index (Phi) is 6.46. The van der Waals surface area contributed by atoms with E-state index in [-0.39, 0.29) is 42.0 Å². The predicted molar refractivity (Wildman–Crippen MR) is 86.4 cm³/mol. The Morgan fingerprint density at radius 1 is 1.20 bits per heavy atom. The number of aliphatic hydroxyl groups excluding tert-OH is 1. The molecule has 1 N–H and O–H groups in total. The number of Topliss-reactive ketones (excluding diaryl/α,β-unsaturated/α-hetero) is 1. The number of carbonyl (C=O) groups is 2. The van der Waals surface area contributed by atoms with Gasteiger partial charge in [-0.25, -0.2) is 14.8 Å². The summed E-state index contributed by atoms with van der Waals surface area (Å²) in [5.41, 5.74) is 0.191. The number of hydrogen-bond donors (Lipinski definition) is 1. The van der Waals surface area contributed by atoms with E-state index in [0.717, 1.165) is 19.1 Å². The summed E-state index contributed by atoms with van der Waals surface area (Å²) >= 11 is 0. The van der Waals surface area contributed by atoms with Gasteiger partial charge < -0.3 is 18.7 Å². The van der Waals surface area contributed by atoms with Gasteiger partial charge in [0.05, 0.1) is 19.6 Å². The molecule has 2 aromatic rings. The number of aromatic nitrogens is 2. The molecule has 0 aliphatic rings. The number of aliphatic hydroxyl groups is 1. The Morgan fingerprint density at radius 3 is 2.48 bits per heavy atom. The SMILES string of the molecule is CCCC(C)c1nc(C(=O)CC(CO)c2nc(C(=O)OC)co2)co1. The topological polar surface area (TPSA) is 116 Å². The number of hydrogen-bond acceptors (Lipinski definition) is 8. The van der Waals surface area contributed by atoms with Gasteiger partial charge >= 0.3 is 5.97 Å². The van der Waals surface area contributed by atoms with E-state index in [4.69, 9.17) is 8.83 Å². The highest BCUT2D eigenvalue weighted by atomic mass is 16.5. The number of oxazole rings is 2. The van der Waals surface area contributed by atoms with Crippen LogP contribution >= 0.6 is 0 Å². The molecule has 0 aliphatic carbocycles. The van der Waals surface area contributed by atoms with Crippen molar-refractivity contribution in [3.05, 3.63) is 35.7 Å². The third-order valence-corrected chi connectivity index (χ3v) is 3.87. The van der Waals surface area contributed by atoms with Crippen molar-refractivity contribution < 1.29 is 28.3 Å². The third-order valence-electron chi connectivity index (χ3n) is 3.87. The standard InChI is InChI=1S/C17H22N2O6/c1-4-5-10(2)15-18-12(8-24-15)14(21)6-11(7-20)16-19-13(9-25-16)17(22)23-3/h8-11,20H,4-7H2,1-3H3. The number of carbonyl (C=O) groups excluding carboxylic acids is 2. The van der Waals surface area contributed by atoms with Crippen molar-refractivity contribution in [1.29, 1.82) is 0 Å². The Morgan fingerprint density at radius 2 is 1.84 bits per heavy atom. The van der Waals surface area contributed by atoms with Crippen LogP contribution in [0.15, 0.2) is 21.4 Å². The molecule has 0 bridgehead atoms. The second-order valence-corrected chi connectivity index (χ2v) is 5.83. The van der Waals surface area contributed by atoms with Crippen LogP contribution in [0.25, 0.3) is 0 Å². The van der Waals surface area contributed by atoms with Gasteiger partial charge in [0.1, 0.15) is 18.2 Å². The lowest BCUT2D eigenvalue weighted by Crippen LogP contribution is -2.12. The molecule has 0 saturated carbocycles. The van der Waals surface area contributed by atoms with Gasteiger partial charge in [0, 0.05) is 12.3 Å². The summed E-state index contributed by atoms with van der Waals surface area (Å²) in [5.74, 6) is -0.873. The van der Waals surface area contributed by atoms with Crippen LogP contribution in [0.2, 0.25) is 0 Å². The molecule has 136 valence electrons. The van der Waals surface area contributed by atoms with Crippen LogP contribution in [0.1, 0.15) is 77.7 Å². The van der Waals surface area contributed by atoms with E-state index in [9.17, 15) is 14.7 Å². The van der Waals surface area contributed by atoms with Crippen molar-refractivity contribution in [1.82, 2.24) is 9.97 Å². The van der Waals surface area contributed by atoms with Gasteiger partial charge in [0.15, 0.2) is 17.4 Å². The maximum Gasteiger partial charge on any atom is 0.360 e. The van der Waals surface area contributed by atoms with Crippen LogP contribution in [0.3, 0.4) is 0 Å². The summed E-state index contributed by atoms with van der Waals surface area (Å²) < 4.78 is 15.1. The van der Waals surface area contributed by atoms with Crippen molar-refractivity contribution in [3.63, 3.8) is 0 Å². The maximum absolute atomic E-state index is 12.4. The van der Waals surface area contributed by atoms with Gasteiger partial charge in [-0.2, -0.15) is 0 Å². The van der Waals surface area contributed by atoms with Gasteiger partial charge in [0.2, 0.25) is 5.89 Å². The number of esters is 1. The van der Waals surface area contributed by atoms with E-state index in [1.54, 1.807) is 0 Å². The molecule has 2 rings (SSSR count). The summed E-state index contributed by atoms with van der Waals surface area (Å²) in [4.78, 5) is 32.0. The summed E-state index contributed by atoms with van der Waals surface area (Å²) in [6.07, 6.45) is 4.31. The monoisotopic (exact) mass is 350 g/mol. The van der Waals surface area contributed by atoms with Crippen LogP contribution in [-0.4, -0.2) is 40.5 Å². The molecule has 0 aliphatic heterocycles. The second kappa shape index (κ2) is 8.57. The quantitative estimate of drug-likeness (QED) is 0.542. The van der Waals surface area contributed by atoms with Crippen molar-refractivity contribution in [2.75, 3.05) is 13.7 Å². The molecule has 0 saturated heterocycles. The van der Waals surface area contributed by atoms with E-state index in [2.05, 4.69) is 21.6 Å². The Bertz CT molecular complexity index is 720. The molecule has 8 heteroatoms. The second-order valence-electron chi connectivity index (χ2n) is 5.83. The molecule has 0 fully saturated rings. The van der Waals surface area contributed by atoms with Crippen LogP contribution in [0, 0.1) is 0 Å². The molecular weight excluding hydrogens is 328 g/mol. The molecule has 2 atom stereocenters. The van der Waals surface area contributed by atoms with Gasteiger partial charge in [-0.05, 0) is 6.42 Å². The summed E-state index contributed by atoms with van der Waals surface area (Å²) in [6, 6.07) is 0. The van der Waals surface area contributed by atoms with E-state index in [1.807, 2.05) is 6.92 Å². The van der Waals surface area contributed by atoms with Gasteiger partial charge in [0.25, 0.3) is 0 Å². The minimum Gasteiger partial charge on any atom is -0.464 e. The summed E-state index contributed by atoms with van der Waals surface area (Å²) in [6.45, 7) is 3.70. The lowest BCUT2D eigenvalue weighted by molar-refractivity contribution is 0.0593. The lowest BCUT2D eigenvalue weighted by Gasteiger charge is -2.07.